The average molecular weight is 435 g/mol. The summed E-state index contributed by atoms with van der Waals surface area (Å²) in [5, 5.41) is 6.55. The predicted octanol–water partition coefficient (Wildman–Crippen LogP) is 5.29. The molecule has 6 nitrogen and oxygen atoms in total. The lowest BCUT2D eigenvalue weighted by molar-refractivity contribution is -0.0631. The summed E-state index contributed by atoms with van der Waals surface area (Å²) in [5.41, 5.74) is 2.31. The molecule has 168 valence electrons. The van der Waals surface area contributed by atoms with Crippen molar-refractivity contribution in [3.63, 3.8) is 0 Å². The molecule has 7 heteroatoms. The standard InChI is InChI=1S/C25H31FN6/c1-24(2)15-20(22(26)25(3,4)32(24)5)30-21-12-14-28-23(31-21)29-19-10-8-17(9-11-19)18-7-6-13-27-16-18/h6-14,16,20,22H,15H2,1-5H3,(H2,28,29,30,31). The van der Waals surface area contributed by atoms with Gasteiger partial charge in [0, 0.05) is 35.4 Å². The minimum Gasteiger partial charge on any atom is -0.364 e. The smallest absolute Gasteiger partial charge is 0.229 e. The topological polar surface area (TPSA) is 66.0 Å². The number of nitrogens with one attached hydrogen (secondary N) is 2. The van der Waals surface area contributed by atoms with Gasteiger partial charge in [0.05, 0.1) is 6.04 Å². The SMILES string of the molecule is CN1C(C)(C)CC(Nc2ccnc(Nc3ccc(-c4cccnc4)cc3)n2)C(F)C1(C)C. The maximum atomic E-state index is 15.4. The van der Waals surface area contributed by atoms with Crippen molar-refractivity contribution < 1.29 is 4.39 Å². The number of piperidine rings is 1. The number of pyridine rings is 1. The van der Waals surface area contributed by atoms with Gasteiger partial charge in [-0.15, -0.1) is 0 Å². The van der Waals surface area contributed by atoms with Gasteiger partial charge in [0.15, 0.2) is 0 Å². The molecule has 2 unspecified atom stereocenters. The van der Waals surface area contributed by atoms with Crippen LogP contribution in [0.4, 0.5) is 21.8 Å². The Morgan fingerprint density at radius 3 is 2.44 bits per heavy atom. The van der Waals surface area contributed by atoms with Gasteiger partial charge in [0.25, 0.3) is 0 Å². The van der Waals surface area contributed by atoms with E-state index in [0.29, 0.717) is 18.2 Å². The maximum absolute atomic E-state index is 15.4. The van der Waals surface area contributed by atoms with Crippen molar-refractivity contribution in [1.29, 1.82) is 0 Å². The summed E-state index contributed by atoms with van der Waals surface area (Å²) in [6, 6.07) is 13.4. The molecule has 0 aliphatic carbocycles. The zero-order valence-corrected chi connectivity index (χ0v) is 19.3. The van der Waals surface area contributed by atoms with Crippen LogP contribution in [-0.2, 0) is 0 Å². The van der Waals surface area contributed by atoms with E-state index in [1.54, 1.807) is 18.5 Å². The van der Waals surface area contributed by atoms with Crippen molar-refractivity contribution in [3.8, 4) is 11.1 Å². The third-order valence-corrected chi connectivity index (χ3v) is 6.64. The first-order chi connectivity index (χ1) is 15.2. The lowest BCUT2D eigenvalue weighted by Crippen LogP contribution is -2.67. The van der Waals surface area contributed by atoms with E-state index < -0.39 is 11.7 Å². The van der Waals surface area contributed by atoms with Gasteiger partial charge < -0.3 is 10.6 Å². The van der Waals surface area contributed by atoms with E-state index in [9.17, 15) is 0 Å². The molecule has 0 amide bonds. The summed E-state index contributed by atoms with van der Waals surface area (Å²) in [5.74, 6) is 1.07. The molecule has 0 spiro atoms. The van der Waals surface area contributed by atoms with Crippen LogP contribution in [0.3, 0.4) is 0 Å². The van der Waals surface area contributed by atoms with Crippen LogP contribution >= 0.6 is 0 Å². The molecule has 1 aromatic carbocycles. The molecule has 2 N–H and O–H groups in total. The van der Waals surface area contributed by atoms with Gasteiger partial charge in [0.2, 0.25) is 5.95 Å². The van der Waals surface area contributed by atoms with Gasteiger partial charge in [-0.1, -0.05) is 18.2 Å². The van der Waals surface area contributed by atoms with Gasteiger partial charge in [-0.2, -0.15) is 4.98 Å². The van der Waals surface area contributed by atoms with Crippen LogP contribution < -0.4 is 10.6 Å². The zero-order chi connectivity index (χ0) is 22.9. The number of benzene rings is 1. The molecular formula is C25H31FN6. The Morgan fingerprint density at radius 1 is 1.00 bits per heavy atom. The minimum absolute atomic E-state index is 0.131. The number of likely N-dealkylation sites (tertiary alicyclic amines) is 1. The molecule has 1 aliphatic rings. The van der Waals surface area contributed by atoms with E-state index in [-0.39, 0.29) is 11.6 Å². The van der Waals surface area contributed by atoms with E-state index in [0.717, 1.165) is 16.8 Å². The number of aromatic nitrogens is 3. The first-order valence-corrected chi connectivity index (χ1v) is 10.9. The normalized spacial score (nSPS) is 22.3. The molecule has 1 saturated heterocycles. The lowest BCUT2D eigenvalue weighted by Gasteiger charge is -2.55. The van der Waals surface area contributed by atoms with Gasteiger partial charge in [-0.25, -0.2) is 9.37 Å². The van der Waals surface area contributed by atoms with Crippen LogP contribution in [0.5, 0.6) is 0 Å². The van der Waals surface area contributed by atoms with Gasteiger partial charge in [0.1, 0.15) is 12.0 Å². The second kappa shape index (κ2) is 8.47. The molecule has 32 heavy (non-hydrogen) atoms. The van der Waals surface area contributed by atoms with E-state index in [1.165, 1.54) is 0 Å². The Hall–Kier alpha value is -3.06. The predicted molar refractivity (Wildman–Crippen MR) is 128 cm³/mol. The highest BCUT2D eigenvalue weighted by Gasteiger charge is 2.50. The Labute approximate surface area is 189 Å². The number of alkyl halides is 1. The van der Waals surface area contributed by atoms with E-state index >= 15 is 4.39 Å². The second-order valence-corrected chi connectivity index (χ2v) is 9.59. The fourth-order valence-corrected chi connectivity index (χ4v) is 4.46. The summed E-state index contributed by atoms with van der Waals surface area (Å²) in [6.07, 6.45) is 4.92. The quantitative estimate of drug-likeness (QED) is 0.569. The number of rotatable bonds is 5. The first-order valence-electron chi connectivity index (χ1n) is 10.9. The second-order valence-electron chi connectivity index (χ2n) is 9.59. The Bertz CT molecular complexity index is 1050. The van der Waals surface area contributed by atoms with E-state index in [4.69, 9.17) is 0 Å². The van der Waals surface area contributed by atoms with Crippen molar-refractivity contribution in [2.75, 3.05) is 17.7 Å². The molecule has 0 radical (unpaired) electrons. The molecule has 2 atom stereocenters. The third kappa shape index (κ3) is 4.43. The van der Waals surface area contributed by atoms with Crippen LogP contribution in [0, 0.1) is 0 Å². The van der Waals surface area contributed by atoms with Crippen molar-refractivity contribution in [3.05, 3.63) is 61.1 Å². The molecule has 3 heterocycles. The zero-order valence-electron chi connectivity index (χ0n) is 19.3. The number of hydrogen-bond acceptors (Lipinski definition) is 6. The molecule has 0 bridgehead atoms. The summed E-state index contributed by atoms with van der Waals surface area (Å²) < 4.78 is 15.4. The number of hydrogen-bond donors (Lipinski definition) is 2. The summed E-state index contributed by atoms with van der Waals surface area (Å²) in [6.45, 7) is 8.21. The molecule has 3 aromatic rings. The van der Waals surface area contributed by atoms with Crippen LogP contribution in [0.2, 0.25) is 0 Å². The Kier molecular flexibility index (Phi) is 5.86. The van der Waals surface area contributed by atoms with Crippen LogP contribution in [0.25, 0.3) is 11.1 Å². The fourth-order valence-electron chi connectivity index (χ4n) is 4.46. The lowest BCUT2D eigenvalue weighted by atomic mass is 9.76. The van der Waals surface area contributed by atoms with Crippen molar-refractivity contribution in [2.45, 2.75) is 57.4 Å². The Balaban J connectivity index is 1.47. The molecule has 4 rings (SSSR count). The number of nitrogens with zero attached hydrogens (tertiary/aromatic N) is 4. The molecule has 1 aliphatic heterocycles. The summed E-state index contributed by atoms with van der Waals surface area (Å²) in [7, 11) is 2.00. The van der Waals surface area contributed by atoms with Crippen LogP contribution in [-0.4, -0.2) is 50.2 Å². The largest absolute Gasteiger partial charge is 0.364 e. The molecular weight excluding hydrogens is 403 g/mol. The average Bonchev–Trinajstić information content (AvgIpc) is 2.78. The highest BCUT2D eigenvalue weighted by Crippen LogP contribution is 2.39. The third-order valence-electron chi connectivity index (χ3n) is 6.64. The maximum Gasteiger partial charge on any atom is 0.229 e. The van der Waals surface area contributed by atoms with E-state index in [1.807, 2.05) is 63.5 Å². The number of halogens is 1. The highest BCUT2D eigenvalue weighted by atomic mass is 19.1. The van der Waals surface area contributed by atoms with E-state index in [2.05, 4.69) is 44.3 Å². The highest BCUT2D eigenvalue weighted by molar-refractivity contribution is 5.66. The summed E-state index contributed by atoms with van der Waals surface area (Å²) in [4.78, 5) is 15.2. The van der Waals surface area contributed by atoms with Gasteiger partial charge >= 0.3 is 0 Å². The minimum atomic E-state index is -1.04. The molecule has 0 saturated carbocycles. The van der Waals surface area contributed by atoms with Gasteiger partial charge in [-0.3, -0.25) is 9.88 Å². The van der Waals surface area contributed by atoms with Crippen molar-refractivity contribution in [2.24, 2.45) is 0 Å². The van der Waals surface area contributed by atoms with Crippen LogP contribution in [0.15, 0.2) is 61.1 Å². The fraction of sp³-hybridized carbons (Fsp3) is 0.400. The Morgan fingerprint density at radius 2 is 1.75 bits per heavy atom. The molecule has 2 aromatic heterocycles. The van der Waals surface area contributed by atoms with Crippen molar-refractivity contribution >= 4 is 17.5 Å². The molecule has 1 fully saturated rings. The monoisotopic (exact) mass is 434 g/mol. The van der Waals surface area contributed by atoms with Crippen LogP contribution in [0.1, 0.15) is 34.1 Å². The number of anilines is 3. The first kappa shape index (κ1) is 22.1. The van der Waals surface area contributed by atoms with Gasteiger partial charge in [-0.05, 0) is 76.6 Å². The summed E-state index contributed by atoms with van der Waals surface area (Å²) >= 11 is 0. The van der Waals surface area contributed by atoms with Crippen molar-refractivity contribution in [1.82, 2.24) is 19.9 Å².